The third-order valence-corrected chi connectivity index (χ3v) is 4.52. The highest BCUT2D eigenvalue weighted by Gasteiger charge is 2.47. The summed E-state index contributed by atoms with van der Waals surface area (Å²) in [6, 6.07) is 0. The molecule has 4 nitrogen and oxygen atoms in total. The third-order valence-electron chi connectivity index (χ3n) is 4.52. The van der Waals surface area contributed by atoms with Crippen LogP contribution in [0.4, 0.5) is 0 Å². The molecule has 2 atom stereocenters. The topological polar surface area (TPSA) is 50.4 Å². The SMILES string of the molecule is COCCNCCNC(=O)C1CC1C1CCCCC1. The molecule has 0 saturated heterocycles. The molecule has 2 fully saturated rings. The first-order valence-corrected chi connectivity index (χ1v) is 7.80. The summed E-state index contributed by atoms with van der Waals surface area (Å²) >= 11 is 0. The van der Waals surface area contributed by atoms with Gasteiger partial charge in [-0.3, -0.25) is 4.79 Å². The molecular weight excluding hydrogens is 240 g/mol. The summed E-state index contributed by atoms with van der Waals surface area (Å²) in [5, 5.41) is 6.28. The first kappa shape index (κ1) is 14.8. The van der Waals surface area contributed by atoms with Crippen LogP contribution in [0.3, 0.4) is 0 Å². The zero-order chi connectivity index (χ0) is 13.5. The van der Waals surface area contributed by atoms with Crippen LogP contribution in [0.15, 0.2) is 0 Å². The minimum absolute atomic E-state index is 0.282. The van der Waals surface area contributed by atoms with Crippen molar-refractivity contribution in [3.63, 3.8) is 0 Å². The highest BCUT2D eigenvalue weighted by Crippen LogP contribution is 2.49. The summed E-state index contributed by atoms with van der Waals surface area (Å²) < 4.78 is 4.95. The standard InChI is InChI=1S/C15H28N2O2/c1-19-10-9-16-7-8-17-15(18)14-11-13(14)12-5-3-2-4-6-12/h12-14,16H,2-11H2,1H3,(H,17,18). The van der Waals surface area contributed by atoms with Crippen LogP contribution >= 0.6 is 0 Å². The maximum absolute atomic E-state index is 12.0. The van der Waals surface area contributed by atoms with Crippen molar-refractivity contribution in [1.82, 2.24) is 10.6 Å². The Labute approximate surface area is 116 Å². The number of hydrogen-bond acceptors (Lipinski definition) is 3. The summed E-state index contributed by atoms with van der Waals surface area (Å²) in [4.78, 5) is 12.0. The molecule has 0 heterocycles. The zero-order valence-electron chi connectivity index (χ0n) is 12.1. The number of amides is 1. The molecule has 2 aliphatic carbocycles. The first-order chi connectivity index (χ1) is 9.33. The lowest BCUT2D eigenvalue weighted by Gasteiger charge is -2.21. The van der Waals surface area contributed by atoms with Crippen molar-refractivity contribution in [3.05, 3.63) is 0 Å². The van der Waals surface area contributed by atoms with Crippen LogP contribution < -0.4 is 10.6 Å². The van der Waals surface area contributed by atoms with Gasteiger partial charge in [-0.1, -0.05) is 32.1 Å². The van der Waals surface area contributed by atoms with Gasteiger partial charge in [0.25, 0.3) is 0 Å². The molecule has 1 amide bonds. The van der Waals surface area contributed by atoms with Crippen molar-refractivity contribution < 1.29 is 9.53 Å². The van der Waals surface area contributed by atoms with E-state index in [0.29, 0.717) is 11.8 Å². The van der Waals surface area contributed by atoms with E-state index in [9.17, 15) is 4.79 Å². The van der Waals surface area contributed by atoms with Gasteiger partial charge in [0.15, 0.2) is 0 Å². The Kier molecular flexibility index (Phi) is 6.11. The molecule has 2 saturated carbocycles. The number of hydrogen-bond donors (Lipinski definition) is 2. The van der Waals surface area contributed by atoms with Crippen LogP contribution in [0.25, 0.3) is 0 Å². The fourth-order valence-corrected chi connectivity index (χ4v) is 3.30. The molecule has 2 N–H and O–H groups in total. The molecule has 2 aliphatic rings. The van der Waals surface area contributed by atoms with Gasteiger partial charge in [-0.2, -0.15) is 0 Å². The summed E-state index contributed by atoms with van der Waals surface area (Å²) in [6.07, 6.45) is 7.98. The van der Waals surface area contributed by atoms with Gasteiger partial charge in [0, 0.05) is 32.7 Å². The van der Waals surface area contributed by atoms with Crippen molar-refractivity contribution >= 4 is 5.91 Å². The Morgan fingerprint density at radius 3 is 2.68 bits per heavy atom. The zero-order valence-corrected chi connectivity index (χ0v) is 12.1. The van der Waals surface area contributed by atoms with Gasteiger partial charge in [0.2, 0.25) is 5.91 Å². The number of rotatable bonds is 8. The van der Waals surface area contributed by atoms with Crippen LogP contribution in [0.5, 0.6) is 0 Å². The van der Waals surface area contributed by atoms with Crippen molar-refractivity contribution in [2.45, 2.75) is 38.5 Å². The summed E-state index contributed by atoms with van der Waals surface area (Å²) in [7, 11) is 1.70. The number of carbonyl (C=O) groups excluding carboxylic acids is 1. The van der Waals surface area contributed by atoms with Crippen molar-refractivity contribution in [2.75, 3.05) is 33.4 Å². The van der Waals surface area contributed by atoms with E-state index in [2.05, 4.69) is 10.6 Å². The molecule has 0 aromatic rings. The highest BCUT2D eigenvalue weighted by molar-refractivity contribution is 5.81. The van der Waals surface area contributed by atoms with Gasteiger partial charge in [0.05, 0.1) is 6.61 Å². The normalized spacial score (nSPS) is 27.2. The van der Waals surface area contributed by atoms with Crippen LogP contribution in [-0.2, 0) is 9.53 Å². The molecular formula is C15H28N2O2. The minimum atomic E-state index is 0.282. The summed E-state index contributed by atoms with van der Waals surface area (Å²) in [5.41, 5.74) is 0. The molecule has 110 valence electrons. The molecule has 2 unspecified atom stereocenters. The quantitative estimate of drug-likeness (QED) is 0.657. The van der Waals surface area contributed by atoms with Gasteiger partial charge >= 0.3 is 0 Å². The molecule has 4 heteroatoms. The second-order valence-electron chi connectivity index (χ2n) is 5.94. The van der Waals surface area contributed by atoms with Gasteiger partial charge in [0.1, 0.15) is 0 Å². The fraction of sp³-hybridized carbons (Fsp3) is 0.933. The van der Waals surface area contributed by atoms with E-state index in [1.165, 1.54) is 32.1 Å². The Hall–Kier alpha value is -0.610. The average molecular weight is 268 g/mol. The maximum Gasteiger partial charge on any atom is 0.223 e. The van der Waals surface area contributed by atoms with Gasteiger partial charge in [-0.25, -0.2) is 0 Å². The fourth-order valence-electron chi connectivity index (χ4n) is 3.30. The van der Waals surface area contributed by atoms with E-state index < -0.39 is 0 Å². The molecule has 2 rings (SSSR count). The number of methoxy groups -OCH3 is 1. The molecule has 19 heavy (non-hydrogen) atoms. The average Bonchev–Trinajstić information content (AvgIpc) is 3.24. The van der Waals surface area contributed by atoms with Crippen molar-refractivity contribution in [3.8, 4) is 0 Å². The molecule has 0 bridgehead atoms. The third kappa shape index (κ3) is 4.77. The molecule has 0 spiro atoms. The van der Waals surface area contributed by atoms with E-state index in [0.717, 1.165) is 38.6 Å². The predicted octanol–water partition coefficient (Wildman–Crippen LogP) is 1.55. The van der Waals surface area contributed by atoms with Crippen LogP contribution in [0.1, 0.15) is 38.5 Å². The van der Waals surface area contributed by atoms with Crippen LogP contribution in [0, 0.1) is 17.8 Å². The Bertz CT molecular complexity index is 277. The smallest absolute Gasteiger partial charge is 0.223 e. The minimum Gasteiger partial charge on any atom is -0.383 e. The van der Waals surface area contributed by atoms with E-state index in [1.54, 1.807) is 7.11 Å². The lowest BCUT2D eigenvalue weighted by molar-refractivity contribution is -0.122. The van der Waals surface area contributed by atoms with E-state index in [4.69, 9.17) is 4.74 Å². The number of nitrogens with one attached hydrogen (secondary N) is 2. The van der Waals surface area contributed by atoms with Crippen LogP contribution in [0.2, 0.25) is 0 Å². The Morgan fingerprint density at radius 1 is 1.16 bits per heavy atom. The molecule has 0 aromatic carbocycles. The first-order valence-electron chi connectivity index (χ1n) is 7.80. The lowest BCUT2D eigenvalue weighted by Crippen LogP contribution is -2.34. The molecule has 0 aromatic heterocycles. The maximum atomic E-state index is 12.0. The van der Waals surface area contributed by atoms with E-state index in [-0.39, 0.29) is 5.91 Å². The Morgan fingerprint density at radius 2 is 1.95 bits per heavy atom. The largest absolute Gasteiger partial charge is 0.383 e. The molecule has 0 aliphatic heterocycles. The van der Waals surface area contributed by atoms with Crippen molar-refractivity contribution in [2.24, 2.45) is 17.8 Å². The summed E-state index contributed by atoms with van der Waals surface area (Å²) in [6.45, 7) is 3.13. The van der Waals surface area contributed by atoms with Gasteiger partial charge in [-0.05, 0) is 18.3 Å². The van der Waals surface area contributed by atoms with Crippen molar-refractivity contribution in [1.29, 1.82) is 0 Å². The van der Waals surface area contributed by atoms with Gasteiger partial charge in [-0.15, -0.1) is 0 Å². The van der Waals surface area contributed by atoms with Gasteiger partial charge < -0.3 is 15.4 Å². The highest BCUT2D eigenvalue weighted by atomic mass is 16.5. The number of carbonyl (C=O) groups is 1. The second-order valence-corrected chi connectivity index (χ2v) is 5.94. The van der Waals surface area contributed by atoms with E-state index >= 15 is 0 Å². The monoisotopic (exact) mass is 268 g/mol. The van der Waals surface area contributed by atoms with E-state index in [1.807, 2.05) is 0 Å². The lowest BCUT2D eigenvalue weighted by atomic mass is 9.85. The Balaban J connectivity index is 1.53. The van der Waals surface area contributed by atoms with Crippen LogP contribution in [-0.4, -0.2) is 39.3 Å². The summed E-state index contributed by atoms with van der Waals surface area (Å²) in [5.74, 6) is 2.14. The second kappa shape index (κ2) is 7.85. The predicted molar refractivity (Wildman–Crippen MR) is 75.9 cm³/mol. The number of ether oxygens (including phenoxy) is 1. The molecule has 0 radical (unpaired) electrons.